The highest BCUT2D eigenvalue weighted by atomic mass is 16.6. The van der Waals surface area contributed by atoms with Crippen LogP contribution >= 0.6 is 0 Å². The Labute approximate surface area is 165 Å². The monoisotopic (exact) mass is 368 g/mol. The van der Waals surface area contributed by atoms with Crippen molar-refractivity contribution in [3.63, 3.8) is 0 Å². The van der Waals surface area contributed by atoms with Crippen LogP contribution < -0.4 is 0 Å². The van der Waals surface area contributed by atoms with Gasteiger partial charge in [0.25, 0.3) is 0 Å². The molecule has 0 saturated carbocycles. The summed E-state index contributed by atoms with van der Waals surface area (Å²) in [4.78, 5) is 0. The average Bonchev–Trinajstić information content (AvgIpc) is 3.53. The molecule has 2 heteroatoms. The summed E-state index contributed by atoms with van der Waals surface area (Å²) < 4.78 is 10.9. The highest BCUT2D eigenvalue weighted by molar-refractivity contribution is 5.40. The van der Waals surface area contributed by atoms with Gasteiger partial charge in [-0.2, -0.15) is 0 Å². The Morgan fingerprint density at radius 1 is 0.852 bits per heavy atom. The molecule has 1 heterocycles. The number of rotatable bonds is 7. The topological polar surface area (TPSA) is 21.8 Å². The molecule has 3 rings (SSSR count). The van der Waals surface area contributed by atoms with E-state index in [0.717, 1.165) is 19.4 Å². The van der Waals surface area contributed by atoms with Crippen LogP contribution in [0.15, 0.2) is 48.5 Å². The second-order valence-corrected chi connectivity index (χ2v) is 8.11. The van der Waals surface area contributed by atoms with Crippen LogP contribution in [0.3, 0.4) is 0 Å². The van der Waals surface area contributed by atoms with Gasteiger partial charge >= 0.3 is 0 Å². The third-order valence-electron chi connectivity index (χ3n) is 5.65. The van der Waals surface area contributed by atoms with E-state index in [1.54, 1.807) is 7.11 Å². The van der Waals surface area contributed by atoms with E-state index >= 15 is 0 Å². The number of aryl methyl sites for hydroxylation is 1. The minimum Gasteiger partial charge on any atom is -0.374 e. The Balaban J connectivity index is 0.00000126. The molecule has 1 saturated heterocycles. The van der Waals surface area contributed by atoms with Crippen LogP contribution in [0.5, 0.6) is 0 Å². The number of methoxy groups -OCH3 is 1. The van der Waals surface area contributed by atoms with Crippen molar-refractivity contribution < 1.29 is 9.47 Å². The highest BCUT2D eigenvalue weighted by Gasteiger charge is 2.25. The molecule has 2 nitrogen and oxygen atoms in total. The molecule has 0 N–H and O–H groups in total. The van der Waals surface area contributed by atoms with E-state index in [1.807, 2.05) is 13.8 Å². The molecule has 0 bridgehead atoms. The lowest BCUT2D eigenvalue weighted by Gasteiger charge is -2.28. The summed E-state index contributed by atoms with van der Waals surface area (Å²) in [7, 11) is 1.76. The lowest BCUT2D eigenvalue weighted by molar-refractivity contribution is 0.0192. The van der Waals surface area contributed by atoms with Gasteiger partial charge in [0, 0.05) is 12.5 Å². The number of ether oxygens (including phenoxy) is 2. The Bertz CT molecular complexity index is 692. The number of benzene rings is 2. The molecular formula is C25H36O2. The van der Waals surface area contributed by atoms with E-state index in [0.29, 0.717) is 6.10 Å². The summed E-state index contributed by atoms with van der Waals surface area (Å²) in [5, 5.41) is 0. The molecule has 1 fully saturated rings. The molecule has 1 atom stereocenters. The summed E-state index contributed by atoms with van der Waals surface area (Å²) in [5.41, 5.74) is 4.99. The maximum Gasteiger partial charge on any atom is 0.0871 e. The van der Waals surface area contributed by atoms with Crippen LogP contribution in [0.2, 0.25) is 0 Å². The van der Waals surface area contributed by atoms with Gasteiger partial charge in [-0.05, 0) is 48.9 Å². The molecular weight excluding hydrogens is 332 g/mol. The third kappa shape index (κ3) is 5.43. The quantitative estimate of drug-likeness (QED) is 0.539. The van der Waals surface area contributed by atoms with E-state index in [4.69, 9.17) is 9.47 Å². The molecule has 0 radical (unpaired) electrons. The first-order valence-corrected chi connectivity index (χ1v) is 10.2. The van der Waals surface area contributed by atoms with Crippen LogP contribution in [0.4, 0.5) is 0 Å². The van der Waals surface area contributed by atoms with Gasteiger partial charge in [-0.3, -0.25) is 0 Å². The summed E-state index contributed by atoms with van der Waals surface area (Å²) in [6, 6.07) is 17.9. The molecule has 1 aliphatic rings. The maximum atomic E-state index is 5.58. The predicted molar refractivity (Wildman–Crippen MR) is 114 cm³/mol. The van der Waals surface area contributed by atoms with Crippen molar-refractivity contribution in [3.05, 3.63) is 70.8 Å². The van der Waals surface area contributed by atoms with Crippen molar-refractivity contribution in [2.75, 3.05) is 13.7 Å². The fourth-order valence-electron chi connectivity index (χ4n) is 3.22. The summed E-state index contributed by atoms with van der Waals surface area (Å²) >= 11 is 0. The molecule has 1 unspecified atom stereocenters. The van der Waals surface area contributed by atoms with Gasteiger partial charge in [-0.1, -0.05) is 76.2 Å². The van der Waals surface area contributed by atoms with Crippen LogP contribution in [0, 0.1) is 0 Å². The number of epoxide rings is 1. The largest absolute Gasteiger partial charge is 0.374 e. The summed E-state index contributed by atoms with van der Waals surface area (Å²) in [6.07, 6.45) is 2.75. The van der Waals surface area contributed by atoms with Gasteiger partial charge in [0.1, 0.15) is 0 Å². The van der Waals surface area contributed by atoms with Crippen molar-refractivity contribution in [2.45, 2.75) is 71.5 Å². The zero-order valence-electron chi connectivity index (χ0n) is 18.1. The normalized spacial score (nSPS) is 16.5. The van der Waals surface area contributed by atoms with Gasteiger partial charge in [0.15, 0.2) is 0 Å². The number of hydrogen-bond donors (Lipinski definition) is 0. The third-order valence-corrected chi connectivity index (χ3v) is 5.65. The zero-order valence-corrected chi connectivity index (χ0v) is 18.1. The van der Waals surface area contributed by atoms with Crippen molar-refractivity contribution in [1.82, 2.24) is 0 Å². The Morgan fingerprint density at radius 2 is 1.30 bits per heavy atom. The SMILES string of the molecule is CC.COC(C)(C)c1ccc(C(C)(C)c2ccc(CCC3CO3)cc2)cc1. The fraction of sp³-hybridized carbons (Fsp3) is 0.520. The van der Waals surface area contributed by atoms with Crippen molar-refractivity contribution in [2.24, 2.45) is 0 Å². The molecule has 0 amide bonds. The Morgan fingerprint density at radius 3 is 1.74 bits per heavy atom. The van der Waals surface area contributed by atoms with Crippen LogP contribution in [-0.4, -0.2) is 19.8 Å². The molecule has 0 aromatic heterocycles. The van der Waals surface area contributed by atoms with Crippen LogP contribution in [-0.2, 0) is 26.9 Å². The van der Waals surface area contributed by atoms with Gasteiger partial charge in [-0.25, -0.2) is 0 Å². The van der Waals surface area contributed by atoms with E-state index in [-0.39, 0.29) is 11.0 Å². The first-order valence-electron chi connectivity index (χ1n) is 10.2. The lowest BCUT2D eigenvalue weighted by Crippen LogP contribution is -2.21. The smallest absolute Gasteiger partial charge is 0.0871 e. The summed E-state index contributed by atoms with van der Waals surface area (Å²) in [6.45, 7) is 13.7. The molecule has 1 aliphatic heterocycles. The van der Waals surface area contributed by atoms with Crippen LogP contribution in [0.25, 0.3) is 0 Å². The van der Waals surface area contributed by atoms with Gasteiger partial charge in [0.2, 0.25) is 0 Å². The second kappa shape index (κ2) is 9.03. The summed E-state index contributed by atoms with van der Waals surface area (Å²) in [5.74, 6) is 0. The highest BCUT2D eigenvalue weighted by Crippen LogP contribution is 2.33. The van der Waals surface area contributed by atoms with Crippen LogP contribution in [0.1, 0.15) is 70.2 Å². The minimum absolute atomic E-state index is 0.0200. The fourth-order valence-corrected chi connectivity index (χ4v) is 3.22. The van der Waals surface area contributed by atoms with Gasteiger partial charge < -0.3 is 9.47 Å². The van der Waals surface area contributed by atoms with Crippen molar-refractivity contribution in [3.8, 4) is 0 Å². The molecule has 148 valence electrons. The van der Waals surface area contributed by atoms with E-state index in [2.05, 4.69) is 76.2 Å². The predicted octanol–water partition coefficient (Wildman–Crippen LogP) is 6.25. The van der Waals surface area contributed by atoms with E-state index in [1.165, 1.54) is 22.3 Å². The first kappa shape index (κ1) is 21.7. The molecule has 27 heavy (non-hydrogen) atoms. The van der Waals surface area contributed by atoms with Gasteiger partial charge in [0.05, 0.1) is 18.3 Å². The van der Waals surface area contributed by atoms with Gasteiger partial charge in [-0.15, -0.1) is 0 Å². The maximum absolute atomic E-state index is 5.58. The van der Waals surface area contributed by atoms with E-state index in [9.17, 15) is 0 Å². The molecule has 2 aromatic rings. The van der Waals surface area contributed by atoms with E-state index < -0.39 is 0 Å². The standard InChI is InChI=1S/C23H30O2.C2H6/c1-22(2,19-11-13-20(14-12-19)23(3,4)24-5)18-9-6-17(7-10-18)8-15-21-16-25-21;1-2/h6-7,9-14,21H,8,15-16H2,1-5H3;1-2H3. The molecule has 0 aliphatic carbocycles. The second-order valence-electron chi connectivity index (χ2n) is 8.11. The van der Waals surface area contributed by atoms with Crippen molar-refractivity contribution >= 4 is 0 Å². The number of hydrogen-bond acceptors (Lipinski definition) is 2. The molecule has 2 aromatic carbocycles. The average molecular weight is 369 g/mol. The molecule has 0 spiro atoms. The van der Waals surface area contributed by atoms with Crippen molar-refractivity contribution in [1.29, 1.82) is 0 Å². The zero-order chi connectivity index (χ0) is 20.1. The Hall–Kier alpha value is -1.64. The minimum atomic E-state index is -0.254. The lowest BCUT2D eigenvalue weighted by atomic mass is 9.77. The first-order chi connectivity index (χ1) is 12.8. The Kier molecular flexibility index (Phi) is 7.25.